The number of thiophene rings is 1. The van der Waals surface area contributed by atoms with Gasteiger partial charge in [0.2, 0.25) is 5.91 Å². The van der Waals surface area contributed by atoms with Gasteiger partial charge in [-0.05, 0) is 52.6 Å². The summed E-state index contributed by atoms with van der Waals surface area (Å²) in [5.74, 6) is -1.36. The standard InChI is InChI=1S/C30H37N5O4S2/c1-22(2)20-27(30(36)35(16-13-31)21-41(37,38)39)33-29(28-4-3-19-40-28)25-7-5-23(6-8-25)24-9-11-26(12-10-24)34-17-14-32-15-18-34/h3-12,19,22,27,29,32-33H,14-18,20-21H2,1-2H3,(H,37,38,39)/t27-,29-/m0/s1. The van der Waals surface area contributed by atoms with E-state index in [-0.39, 0.29) is 12.0 Å². The van der Waals surface area contributed by atoms with Crippen molar-refractivity contribution in [3.05, 3.63) is 76.5 Å². The van der Waals surface area contributed by atoms with Crippen LogP contribution in [0, 0.1) is 17.2 Å². The Morgan fingerprint density at radius 2 is 1.73 bits per heavy atom. The molecule has 3 N–H and O–H groups in total. The predicted molar refractivity (Wildman–Crippen MR) is 163 cm³/mol. The number of nitrogens with one attached hydrogen (secondary N) is 2. The number of nitrogens with zero attached hydrogens (tertiary/aromatic N) is 3. The van der Waals surface area contributed by atoms with Crippen molar-refractivity contribution in [3.8, 4) is 17.2 Å². The van der Waals surface area contributed by atoms with Gasteiger partial charge in [0, 0.05) is 36.7 Å². The van der Waals surface area contributed by atoms with Crippen LogP contribution in [-0.2, 0) is 14.9 Å². The zero-order valence-corrected chi connectivity index (χ0v) is 25.0. The highest BCUT2D eigenvalue weighted by molar-refractivity contribution is 7.85. The summed E-state index contributed by atoms with van der Waals surface area (Å²) in [6, 6.07) is 21.5. The smallest absolute Gasteiger partial charge is 0.283 e. The van der Waals surface area contributed by atoms with E-state index in [1.165, 1.54) is 5.69 Å². The number of amides is 1. The van der Waals surface area contributed by atoms with E-state index in [1.807, 2.05) is 49.6 Å². The Bertz CT molecular complexity index is 1410. The van der Waals surface area contributed by atoms with E-state index in [9.17, 15) is 23.0 Å². The van der Waals surface area contributed by atoms with Crippen LogP contribution in [0.1, 0.15) is 36.8 Å². The number of carbonyl (C=O) groups excluding carboxylic acids is 1. The first-order chi connectivity index (χ1) is 19.6. The lowest BCUT2D eigenvalue weighted by molar-refractivity contribution is -0.132. The van der Waals surface area contributed by atoms with Gasteiger partial charge in [0.15, 0.2) is 0 Å². The molecule has 1 fully saturated rings. The fourth-order valence-electron chi connectivity index (χ4n) is 5.06. The molecule has 0 aliphatic carbocycles. The van der Waals surface area contributed by atoms with Crippen molar-refractivity contribution < 1.29 is 17.8 Å². The van der Waals surface area contributed by atoms with E-state index in [0.717, 1.165) is 52.6 Å². The molecule has 1 amide bonds. The first kappa shape index (κ1) is 30.7. The number of carbonyl (C=O) groups is 1. The number of piperazine rings is 1. The average Bonchev–Trinajstić information content (AvgIpc) is 3.49. The molecular formula is C30H37N5O4S2. The molecule has 9 nitrogen and oxygen atoms in total. The van der Waals surface area contributed by atoms with Crippen LogP contribution in [0.4, 0.5) is 5.69 Å². The molecule has 2 heterocycles. The molecule has 0 bridgehead atoms. The second kappa shape index (κ2) is 14.1. The minimum atomic E-state index is -4.49. The van der Waals surface area contributed by atoms with Gasteiger partial charge in [-0.3, -0.25) is 14.7 Å². The molecule has 0 spiro atoms. The van der Waals surface area contributed by atoms with E-state index in [0.29, 0.717) is 6.42 Å². The Morgan fingerprint density at radius 3 is 2.27 bits per heavy atom. The highest BCUT2D eigenvalue weighted by atomic mass is 32.2. The van der Waals surface area contributed by atoms with E-state index in [4.69, 9.17) is 0 Å². The van der Waals surface area contributed by atoms with Gasteiger partial charge in [-0.15, -0.1) is 11.3 Å². The summed E-state index contributed by atoms with van der Waals surface area (Å²) < 4.78 is 32.5. The fraction of sp³-hybridized carbons (Fsp3) is 0.400. The topological polar surface area (TPSA) is 126 Å². The lowest BCUT2D eigenvalue weighted by atomic mass is 9.97. The highest BCUT2D eigenvalue weighted by Gasteiger charge is 2.31. The number of anilines is 1. The van der Waals surface area contributed by atoms with Crippen molar-refractivity contribution in [2.24, 2.45) is 5.92 Å². The van der Waals surface area contributed by atoms with Crippen LogP contribution >= 0.6 is 11.3 Å². The Morgan fingerprint density at radius 1 is 1.10 bits per heavy atom. The Kier molecular flexibility index (Phi) is 10.5. The zero-order valence-electron chi connectivity index (χ0n) is 23.4. The Balaban J connectivity index is 1.58. The van der Waals surface area contributed by atoms with Crippen molar-refractivity contribution in [2.45, 2.75) is 32.4 Å². The van der Waals surface area contributed by atoms with Gasteiger partial charge in [0.25, 0.3) is 10.1 Å². The van der Waals surface area contributed by atoms with Gasteiger partial charge in [-0.1, -0.05) is 56.3 Å². The molecule has 1 saturated heterocycles. The van der Waals surface area contributed by atoms with Crippen molar-refractivity contribution >= 4 is 33.0 Å². The van der Waals surface area contributed by atoms with E-state index >= 15 is 0 Å². The lowest BCUT2D eigenvalue weighted by Crippen LogP contribution is -2.49. The monoisotopic (exact) mass is 595 g/mol. The predicted octanol–water partition coefficient (Wildman–Crippen LogP) is 4.12. The van der Waals surface area contributed by atoms with Gasteiger partial charge < -0.3 is 15.1 Å². The summed E-state index contributed by atoms with van der Waals surface area (Å²) in [4.78, 5) is 17.8. The van der Waals surface area contributed by atoms with Gasteiger partial charge >= 0.3 is 0 Å². The van der Waals surface area contributed by atoms with Crippen LogP contribution < -0.4 is 15.5 Å². The highest BCUT2D eigenvalue weighted by Crippen LogP contribution is 2.30. The molecule has 218 valence electrons. The SMILES string of the molecule is CC(C)C[C@H](N[C@@H](c1ccc(-c2ccc(N3CCNCC3)cc2)cc1)c1cccs1)C(=O)N(CC#N)CS(=O)(=O)O. The maximum atomic E-state index is 13.5. The lowest BCUT2D eigenvalue weighted by Gasteiger charge is -2.30. The summed E-state index contributed by atoms with van der Waals surface area (Å²) in [7, 11) is -4.49. The molecule has 41 heavy (non-hydrogen) atoms. The molecular weight excluding hydrogens is 558 g/mol. The number of hydrogen-bond acceptors (Lipinski definition) is 8. The molecule has 0 radical (unpaired) electrons. The number of benzene rings is 2. The van der Waals surface area contributed by atoms with E-state index < -0.39 is 34.5 Å². The molecule has 1 aliphatic heterocycles. The van der Waals surface area contributed by atoms with Gasteiger partial charge in [0.1, 0.15) is 12.4 Å². The summed E-state index contributed by atoms with van der Waals surface area (Å²) >= 11 is 1.56. The quantitative estimate of drug-likeness (QED) is 0.211. The molecule has 4 rings (SSSR count). The average molecular weight is 596 g/mol. The van der Waals surface area contributed by atoms with Gasteiger partial charge in [-0.2, -0.15) is 13.7 Å². The largest absolute Gasteiger partial charge is 0.369 e. The first-order valence-electron chi connectivity index (χ1n) is 13.7. The summed E-state index contributed by atoms with van der Waals surface area (Å²) in [6.45, 7) is 7.47. The van der Waals surface area contributed by atoms with E-state index in [2.05, 4.69) is 51.9 Å². The molecule has 3 aromatic rings. The first-order valence-corrected chi connectivity index (χ1v) is 16.2. The second-order valence-electron chi connectivity index (χ2n) is 10.6. The maximum absolute atomic E-state index is 13.5. The molecule has 1 aliphatic rings. The number of hydrogen-bond donors (Lipinski definition) is 3. The number of rotatable bonds is 12. The van der Waals surface area contributed by atoms with Crippen molar-refractivity contribution in [2.75, 3.05) is 43.5 Å². The molecule has 2 aromatic carbocycles. The minimum Gasteiger partial charge on any atom is -0.369 e. The summed E-state index contributed by atoms with van der Waals surface area (Å²) in [6.07, 6.45) is 0.422. The van der Waals surface area contributed by atoms with Crippen LogP contribution in [0.25, 0.3) is 11.1 Å². The van der Waals surface area contributed by atoms with Crippen molar-refractivity contribution in [1.29, 1.82) is 5.26 Å². The Hall–Kier alpha value is -3.27. The normalized spacial score (nSPS) is 15.3. The third kappa shape index (κ3) is 8.61. The summed E-state index contributed by atoms with van der Waals surface area (Å²) in [5, 5.41) is 18.0. The summed E-state index contributed by atoms with van der Waals surface area (Å²) in [5.41, 5.74) is 4.36. The number of nitriles is 1. The molecule has 11 heteroatoms. The maximum Gasteiger partial charge on any atom is 0.283 e. The third-order valence-corrected chi connectivity index (χ3v) is 8.59. The van der Waals surface area contributed by atoms with Gasteiger partial charge in [-0.25, -0.2) is 0 Å². The van der Waals surface area contributed by atoms with Crippen LogP contribution in [0.5, 0.6) is 0 Å². The molecule has 0 unspecified atom stereocenters. The van der Waals surface area contributed by atoms with Crippen LogP contribution in [0.2, 0.25) is 0 Å². The van der Waals surface area contributed by atoms with Crippen LogP contribution in [-0.4, -0.2) is 68.4 Å². The fourth-order valence-corrected chi connectivity index (χ4v) is 6.48. The second-order valence-corrected chi connectivity index (χ2v) is 13.0. The van der Waals surface area contributed by atoms with Crippen LogP contribution in [0.3, 0.4) is 0 Å². The molecule has 2 atom stereocenters. The zero-order chi connectivity index (χ0) is 29.4. The van der Waals surface area contributed by atoms with Gasteiger partial charge in [0.05, 0.1) is 18.2 Å². The molecule has 0 saturated carbocycles. The third-order valence-electron chi connectivity index (χ3n) is 7.02. The minimum absolute atomic E-state index is 0.113. The van der Waals surface area contributed by atoms with Crippen LogP contribution in [0.15, 0.2) is 66.0 Å². The van der Waals surface area contributed by atoms with Crippen molar-refractivity contribution in [3.63, 3.8) is 0 Å². The van der Waals surface area contributed by atoms with E-state index in [1.54, 1.807) is 11.3 Å². The Labute approximate surface area is 246 Å². The van der Waals surface area contributed by atoms with Crippen molar-refractivity contribution in [1.82, 2.24) is 15.5 Å². The molecule has 1 aromatic heterocycles.